The van der Waals surface area contributed by atoms with E-state index in [1.807, 2.05) is 0 Å². The number of benzene rings is 2. The first kappa shape index (κ1) is 12.4. The molecular formula is C18H21NO. The van der Waals surface area contributed by atoms with Gasteiger partial charge in [-0.1, -0.05) is 36.4 Å². The summed E-state index contributed by atoms with van der Waals surface area (Å²) in [6.07, 6.45) is 3.46. The highest BCUT2D eigenvalue weighted by atomic mass is 16.3. The molecule has 2 nitrogen and oxygen atoms in total. The lowest BCUT2D eigenvalue weighted by molar-refractivity contribution is -0.0268. The fraction of sp³-hybridized carbons (Fsp3) is 0.444. The Hall–Kier alpha value is -1.38. The van der Waals surface area contributed by atoms with E-state index in [1.165, 1.54) is 36.7 Å². The van der Waals surface area contributed by atoms with Crippen LogP contribution in [0.4, 0.5) is 0 Å². The van der Waals surface area contributed by atoms with Gasteiger partial charge in [0, 0.05) is 6.04 Å². The van der Waals surface area contributed by atoms with Gasteiger partial charge in [-0.2, -0.15) is 0 Å². The number of piperidine rings is 3. The van der Waals surface area contributed by atoms with Crippen molar-refractivity contribution in [1.82, 2.24) is 4.90 Å². The van der Waals surface area contributed by atoms with E-state index < -0.39 is 0 Å². The third-order valence-corrected chi connectivity index (χ3v) is 5.17. The molecule has 0 saturated carbocycles. The lowest BCUT2D eigenvalue weighted by Crippen LogP contribution is -2.51. The molecule has 0 spiro atoms. The van der Waals surface area contributed by atoms with Gasteiger partial charge < -0.3 is 5.11 Å². The van der Waals surface area contributed by atoms with Crippen LogP contribution in [0.25, 0.3) is 10.8 Å². The van der Waals surface area contributed by atoms with Gasteiger partial charge >= 0.3 is 0 Å². The van der Waals surface area contributed by atoms with Crippen LogP contribution in [0.5, 0.6) is 0 Å². The van der Waals surface area contributed by atoms with Crippen molar-refractivity contribution in [3.05, 3.63) is 48.0 Å². The molecule has 0 amide bonds. The standard InChI is InChI=1S/C18H21NO/c20-18(17-11-13-7-9-19(17)10-8-13)16-6-5-14-3-1-2-4-15(14)12-16/h1-6,12-13,17-18,20H,7-11H2. The third-order valence-electron chi connectivity index (χ3n) is 5.17. The van der Waals surface area contributed by atoms with E-state index >= 15 is 0 Å². The molecule has 5 rings (SSSR count). The molecule has 3 fully saturated rings. The van der Waals surface area contributed by atoms with Gasteiger partial charge in [-0.05, 0) is 60.7 Å². The quantitative estimate of drug-likeness (QED) is 0.902. The molecule has 0 aromatic heterocycles. The van der Waals surface area contributed by atoms with Crippen LogP contribution in [-0.4, -0.2) is 29.1 Å². The number of rotatable bonds is 2. The van der Waals surface area contributed by atoms with Gasteiger partial charge in [0.15, 0.2) is 0 Å². The highest BCUT2D eigenvalue weighted by Crippen LogP contribution is 2.37. The first-order chi connectivity index (χ1) is 9.81. The Morgan fingerprint density at radius 2 is 1.75 bits per heavy atom. The van der Waals surface area contributed by atoms with Crippen molar-refractivity contribution in [2.75, 3.05) is 13.1 Å². The number of hydrogen-bond acceptors (Lipinski definition) is 2. The Kier molecular flexibility index (Phi) is 3.01. The predicted octanol–water partition coefficient (Wildman–Crippen LogP) is 3.36. The van der Waals surface area contributed by atoms with Crippen LogP contribution < -0.4 is 0 Å². The van der Waals surface area contributed by atoms with Crippen LogP contribution in [0, 0.1) is 5.92 Å². The summed E-state index contributed by atoms with van der Waals surface area (Å²) in [7, 11) is 0. The number of hydrogen-bond donors (Lipinski definition) is 1. The average Bonchev–Trinajstić information content (AvgIpc) is 2.54. The zero-order valence-corrected chi connectivity index (χ0v) is 11.7. The van der Waals surface area contributed by atoms with Crippen molar-refractivity contribution in [3.8, 4) is 0 Å². The molecule has 3 heterocycles. The zero-order valence-electron chi connectivity index (χ0n) is 11.7. The van der Waals surface area contributed by atoms with E-state index in [9.17, 15) is 5.11 Å². The van der Waals surface area contributed by atoms with Gasteiger partial charge in [0.05, 0.1) is 6.10 Å². The molecule has 0 aliphatic carbocycles. The zero-order chi connectivity index (χ0) is 13.5. The molecule has 2 heteroatoms. The van der Waals surface area contributed by atoms with E-state index in [0.29, 0.717) is 6.04 Å². The van der Waals surface area contributed by atoms with Crippen molar-refractivity contribution < 1.29 is 5.11 Å². The lowest BCUT2D eigenvalue weighted by Gasteiger charge is -2.47. The van der Waals surface area contributed by atoms with E-state index in [-0.39, 0.29) is 6.10 Å². The molecule has 2 aromatic carbocycles. The van der Waals surface area contributed by atoms with Gasteiger partial charge in [0.25, 0.3) is 0 Å². The minimum Gasteiger partial charge on any atom is -0.387 e. The van der Waals surface area contributed by atoms with Crippen LogP contribution in [0.2, 0.25) is 0 Å². The number of fused-ring (bicyclic) bond motifs is 4. The predicted molar refractivity (Wildman–Crippen MR) is 81.6 cm³/mol. The first-order valence-corrected chi connectivity index (χ1v) is 7.72. The van der Waals surface area contributed by atoms with Crippen molar-refractivity contribution >= 4 is 10.8 Å². The topological polar surface area (TPSA) is 23.5 Å². The largest absolute Gasteiger partial charge is 0.387 e. The van der Waals surface area contributed by atoms with Crippen molar-refractivity contribution in [2.24, 2.45) is 5.92 Å². The first-order valence-electron chi connectivity index (χ1n) is 7.72. The maximum absolute atomic E-state index is 10.8. The summed E-state index contributed by atoms with van der Waals surface area (Å²) >= 11 is 0. The Bertz CT molecular complexity index is 616. The van der Waals surface area contributed by atoms with E-state index in [1.54, 1.807) is 0 Å². The third kappa shape index (κ3) is 2.04. The summed E-state index contributed by atoms with van der Waals surface area (Å²) in [6, 6.07) is 15.1. The van der Waals surface area contributed by atoms with Crippen LogP contribution in [0.15, 0.2) is 42.5 Å². The molecule has 2 bridgehead atoms. The minimum absolute atomic E-state index is 0.323. The molecule has 3 saturated heterocycles. The van der Waals surface area contributed by atoms with E-state index in [4.69, 9.17) is 0 Å². The molecule has 3 aliphatic rings. The summed E-state index contributed by atoms with van der Waals surface area (Å²) < 4.78 is 0. The Morgan fingerprint density at radius 3 is 2.45 bits per heavy atom. The molecule has 2 atom stereocenters. The van der Waals surface area contributed by atoms with Crippen molar-refractivity contribution in [3.63, 3.8) is 0 Å². The summed E-state index contributed by atoms with van der Waals surface area (Å²) in [6.45, 7) is 2.33. The normalized spacial score (nSPS) is 30.6. The minimum atomic E-state index is -0.345. The van der Waals surface area contributed by atoms with Gasteiger partial charge in [-0.15, -0.1) is 0 Å². The molecule has 2 aromatic rings. The van der Waals surface area contributed by atoms with Gasteiger partial charge in [-0.3, -0.25) is 4.90 Å². The van der Waals surface area contributed by atoms with Gasteiger partial charge in [0.2, 0.25) is 0 Å². The van der Waals surface area contributed by atoms with Crippen molar-refractivity contribution in [1.29, 1.82) is 0 Å². The van der Waals surface area contributed by atoms with Crippen LogP contribution in [-0.2, 0) is 0 Å². The van der Waals surface area contributed by atoms with E-state index in [0.717, 1.165) is 17.9 Å². The summed E-state index contributed by atoms with van der Waals surface area (Å²) in [5.41, 5.74) is 1.07. The maximum atomic E-state index is 10.8. The molecule has 2 unspecified atom stereocenters. The molecule has 1 N–H and O–H groups in total. The summed E-state index contributed by atoms with van der Waals surface area (Å²) in [5, 5.41) is 13.3. The molecule has 104 valence electrons. The van der Waals surface area contributed by atoms with Gasteiger partial charge in [-0.25, -0.2) is 0 Å². The molecule has 0 radical (unpaired) electrons. The Morgan fingerprint density at radius 1 is 1.00 bits per heavy atom. The second-order valence-corrected chi connectivity index (χ2v) is 6.33. The summed E-state index contributed by atoms with van der Waals surface area (Å²) in [5.74, 6) is 0.833. The van der Waals surface area contributed by atoms with Gasteiger partial charge in [0.1, 0.15) is 0 Å². The highest BCUT2D eigenvalue weighted by molar-refractivity contribution is 5.83. The number of aliphatic hydroxyl groups is 1. The fourth-order valence-corrected chi connectivity index (χ4v) is 3.95. The van der Waals surface area contributed by atoms with Crippen LogP contribution >= 0.6 is 0 Å². The summed E-state index contributed by atoms with van der Waals surface area (Å²) in [4.78, 5) is 2.49. The SMILES string of the molecule is OC(c1ccc2ccccc2c1)C1CC2CCN1CC2. The smallest absolute Gasteiger partial charge is 0.0945 e. The Labute approximate surface area is 120 Å². The van der Waals surface area contributed by atoms with E-state index in [2.05, 4.69) is 47.4 Å². The molecule has 3 aliphatic heterocycles. The highest BCUT2D eigenvalue weighted by Gasteiger charge is 2.37. The van der Waals surface area contributed by atoms with Crippen molar-refractivity contribution in [2.45, 2.75) is 31.4 Å². The monoisotopic (exact) mass is 267 g/mol. The second-order valence-electron chi connectivity index (χ2n) is 6.33. The number of nitrogens with zero attached hydrogens (tertiary/aromatic N) is 1. The average molecular weight is 267 g/mol. The second kappa shape index (κ2) is 4.87. The Balaban J connectivity index is 1.64. The molecule has 20 heavy (non-hydrogen) atoms. The van der Waals surface area contributed by atoms with Crippen LogP contribution in [0.3, 0.4) is 0 Å². The van der Waals surface area contributed by atoms with Crippen LogP contribution in [0.1, 0.15) is 30.9 Å². The fourth-order valence-electron chi connectivity index (χ4n) is 3.95. The maximum Gasteiger partial charge on any atom is 0.0945 e. The lowest BCUT2D eigenvalue weighted by atomic mass is 9.80. The molecular weight excluding hydrogens is 246 g/mol. The number of aliphatic hydroxyl groups excluding tert-OH is 1.